The second-order valence-electron chi connectivity index (χ2n) is 6.94. The fourth-order valence-corrected chi connectivity index (χ4v) is 3.57. The first-order valence-corrected chi connectivity index (χ1v) is 9.24. The number of hydrogen-bond donors (Lipinski definition) is 2. The maximum Gasteiger partial charge on any atom is 0.270 e. The summed E-state index contributed by atoms with van der Waals surface area (Å²) >= 11 is 0. The minimum atomic E-state index is -0.177. The number of aromatic amines is 1. The number of H-pyrrole nitrogens is 1. The maximum absolute atomic E-state index is 12.9. The lowest BCUT2D eigenvalue weighted by Crippen LogP contribution is -2.45. The van der Waals surface area contributed by atoms with Crippen molar-refractivity contribution in [3.63, 3.8) is 0 Å². The van der Waals surface area contributed by atoms with Gasteiger partial charge in [-0.1, -0.05) is 24.3 Å². The molecule has 6 heteroatoms. The highest BCUT2D eigenvalue weighted by atomic mass is 16.2. The summed E-state index contributed by atoms with van der Waals surface area (Å²) in [5.74, 6) is -0.229. The first kappa shape index (κ1) is 17.3. The number of piperidine rings is 1. The third-order valence-electron chi connectivity index (χ3n) is 5.03. The summed E-state index contributed by atoms with van der Waals surface area (Å²) < 4.78 is 0. The van der Waals surface area contributed by atoms with E-state index in [2.05, 4.69) is 15.3 Å². The first-order valence-electron chi connectivity index (χ1n) is 9.24. The molecule has 0 radical (unpaired) electrons. The van der Waals surface area contributed by atoms with Crippen LogP contribution in [0.25, 0.3) is 10.9 Å². The molecular weight excluding hydrogens is 340 g/mol. The minimum Gasteiger partial charge on any atom is -0.352 e. The van der Waals surface area contributed by atoms with Crippen molar-refractivity contribution in [2.75, 3.05) is 13.1 Å². The molecule has 1 aliphatic heterocycles. The lowest BCUT2D eigenvalue weighted by Gasteiger charge is -2.31. The van der Waals surface area contributed by atoms with E-state index in [9.17, 15) is 9.59 Å². The zero-order chi connectivity index (χ0) is 18.6. The Morgan fingerprint density at radius 2 is 2.11 bits per heavy atom. The zero-order valence-corrected chi connectivity index (χ0v) is 15.0. The number of para-hydroxylation sites is 1. The Kier molecular flexibility index (Phi) is 4.87. The summed E-state index contributed by atoms with van der Waals surface area (Å²) in [5.41, 5.74) is 2.49. The van der Waals surface area contributed by atoms with Crippen LogP contribution < -0.4 is 5.32 Å². The van der Waals surface area contributed by atoms with Crippen molar-refractivity contribution in [3.8, 4) is 0 Å². The van der Waals surface area contributed by atoms with Crippen LogP contribution in [-0.2, 0) is 11.3 Å². The smallest absolute Gasteiger partial charge is 0.270 e. The van der Waals surface area contributed by atoms with Crippen molar-refractivity contribution < 1.29 is 9.59 Å². The van der Waals surface area contributed by atoms with E-state index >= 15 is 0 Å². The van der Waals surface area contributed by atoms with Crippen LogP contribution in [0.1, 0.15) is 28.9 Å². The normalized spacial score (nSPS) is 17.0. The molecule has 0 spiro atoms. The highest BCUT2D eigenvalue weighted by Crippen LogP contribution is 2.21. The summed E-state index contributed by atoms with van der Waals surface area (Å²) in [6.45, 7) is 1.59. The molecule has 6 nitrogen and oxygen atoms in total. The van der Waals surface area contributed by atoms with Crippen LogP contribution >= 0.6 is 0 Å². The van der Waals surface area contributed by atoms with Crippen molar-refractivity contribution in [2.45, 2.75) is 19.4 Å². The topological polar surface area (TPSA) is 78.1 Å². The largest absolute Gasteiger partial charge is 0.352 e. The summed E-state index contributed by atoms with van der Waals surface area (Å²) in [6.07, 6.45) is 5.08. The lowest BCUT2D eigenvalue weighted by atomic mass is 9.96. The summed E-state index contributed by atoms with van der Waals surface area (Å²) in [4.78, 5) is 34.4. The van der Waals surface area contributed by atoms with Crippen LogP contribution in [0.15, 0.2) is 54.9 Å². The molecule has 0 aliphatic carbocycles. The molecule has 1 aliphatic rings. The Bertz CT molecular complexity index is 918. The van der Waals surface area contributed by atoms with Gasteiger partial charge >= 0.3 is 0 Å². The van der Waals surface area contributed by atoms with E-state index in [0.29, 0.717) is 25.3 Å². The van der Waals surface area contributed by atoms with Crippen LogP contribution in [0.2, 0.25) is 0 Å². The lowest BCUT2D eigenvalue weighted by molar-refractivity contribution is -0.126. The number of nitrogens with one attached hydrogen (secondary N) is 2. The van der Waals surface area contributed by atoms with Crippen molar-refractivity contribution in [2.24, 2.45) is 5.92 Å². The molecule has 1 atom stereocenters. The summed E-state index contributed by atoms with van der Waals surface area (Å²) in [7, 11) is 0. The van der Waals surface area contributed by atoms with Gasteiger partial charge in [0.05, 0.1) is 5.92 Å². The minimum absolute atomic E-state index is 0.00648. The number of fused-ring (bicyclic) bond motifs is 1. The van der Waals surface area contributed by atoms with E-state index in [0.717, 1.165) is 29.3 Å². The number of likely N-dealkylation sites (tertiary alicyclic amines) is 1. The fourth-order valence-electron chi connectivity index (χ4n) is 3.57. The van der Waals surface area contributed by atoms with Gasteiger partial charge in [0.1, 0.15) is 5.69 Å². The van der Waals surface area contributed by atoms with Crippen LogP contribution in [-0.4, -0.2) is 39.8 Å². The third kappa shape index (κ3) is 3.84. The number of pyridine rings is 1. The van der Waals surface area contributed by atoms with Gasteiger partial charge in [-0.2, -0.15) is 0 Å². The highest BCUT2D eigenvalue weighted by Gasteiger charge is 2.29. The van der Waals surface area contributed by atoms with Crippen molar-refractivity contribution >= 4 is 22.7 Å². The number of benzene rings is 1. The Morgan fingerprint density at radius 3 is 2.93 bits per heavy atom. The van der Waals surface area contributed by atoms with E-state index in [1.807, 2.05) is 42.5 Å². The molecule has 0 bridgehead atoms. The van der Waals surface area contributed by atoms with E-state index in [4.69, 9.17) is 0 Å². The molecule has 3 aromatic rings. The molecule has 2 aromatic heterocycles. The van der Waals surface area contributed by atoms with Crippen molar-refractivity contribution in [3.05, 3.63) is 66.1 Å². The fraction of sp³-hybridized carbons (Fsp3) is 0.286. The molecule has 0 saturated carbocycles. The van der Waals surface area contributed by atoms with Gasteiger partial charge < -0.3 is 15.2 Å². The van der Waals surface area contributed by atoms with Crippen LogP contribution in [0.4, 0.5) is 0 Å². The van der Waals surface area contributed by atoms with Crippen molar-refractivity contribution in [1.29, 1.82) is 0 Å². The van der Waals surface area contributed by atoms with Crippen LogP contribution in [0.5, 0.6) is 0 Å². The monoisotopic (exact) mass is 362 g/mol. The molecular formula is C21H22N4O2. The number of hydrogen-bond acceptors (Lipinski definition) is 3. The van der Waals surface area contributed by atoms with Crippen LogP contribution in [0, 0.1) is 5.92 Å². The number of aromatic nitrogens is 2. The Labute approximate surface area is 157 Å². The third-order valence-corrected chi connectivity index (χ3v) is 5.03. The van der Waals surface area contributed by atoms with E-state index < -0.39 is 0 Å². The zero-order valence-electron chi connectivity index (χ0n) is 15.0. The predicted molar refractivity (Wildman–Crippen MR) is 103 cm³/mol. The molecule has 138 valence electrons. The molecule has 2 N–H and O–H groups in total. The average molecular weight is 362 g/mol. The van der Waals surface area contributed by atoms with Gasteiger partial charge in [0, 0.05) is 42.9 Å². The van der Waals surface area contributed by atoms with Gasteiger partial charge in [-0.3, -0.25) is 14.6 Å². The number of carbonyl (C=O) groups is 2. The molecule has 2 amide bonds. The number of amides is 2. The molecule has 1 fully saturated rings. The Morgan fingerprint density at radius 1 is 1.22 bits per heavy atom. The summed E-state index contributed by atoms with van der Waals surface area (Å²) in [5, 5.41) is 3.98. The van der Waals surface area contributed by atoms with Crippen molar-refractivity contribution in [1.82, 2.24) is 20.2 Å². The van der Waals surface area contributed by atoms with Gasteiger partial charge in [0.15, 0.2) is 0 Å². The number of carbonyl (C=O) groups excluding carboxylic acids is 2. The number of nitrogens with zero attached hydrogens (tertiary/aromatic N) is 2. The molecule has 3 heterocycles. The Balaban J connectivity index is 1.39. The van der Waals surface area contributed by atoms with E-state index in [1.165, 1.54) is 0 Å². The van der Waals surface area contributed by atoms with Gasteiger partial charge in [0.25, 0.3) is 5.91 Å². The summed E-state index contributed by atoms with van der Waals surface area (Å²) in [6, 6.07) is 13.5. The van der Waals surface area contributed by atoms with E-state index in [1.54, 1.807) is 17.3 Å². The average Bonchev–Trinajstić information content (AvgIpc) is 3.16. The second kappa shape index (κ2) is 7.61. The highest BCUT2D eigenvalue weighted by molar-refractivity contribution is 5.98. The standard InChI is InChI=1S/C21H22N4O2/c26-20(23-13-15-5-3-9-22-12-15)17-7-4-10-25(14-17)21(27)19-11-16-6-1-2-8-18(16)24-19/h1-3,5-6,8-9,11-12,17,24H,4,7,10,13-14H2,(H,23,26)/t17-/m0/s1. The number of rotatable bonds is 4. The Hall–Kier alpha value is -3.15. The van der Waals surface area contributed by atoms with Gasteiger partial charge in [0.2, 0.25) is 5.91 Å². The quantitative estimate of drug-likeness (QED) is 0.749. The van der Waals surface area contributed by atoms with Gasteiger partial charge in [-0.05, 0) is 36.6 Å². The molecule has 4 rings (SSSR count). The molecule has 27 heavy (non-hydrogen) atoms. The predicted octanol–water partition coefficient (Wildman–Crippen LogP) is 2.73. The second-order valence-corrected chi connectivity index (χ2v) is 6.94. The van der Waals surface area contributed by atoms with Crippen LogP contribution in [0.3, 0.4) is 0 Å². The molecule has 1 aromatic carbocycles. The molecule has 1 saturated heterocycles. The molecule has 0 unspecified atom stereocenters. The van der Waals surface area contributed by atoms with Gasteiger partial charge in [-0.15, -0.1) is 0 Å². The first-order chi connectivity index (χ1) is 13.2. The maximum atomic E-state index is 12.9. The van der Waals surface area contributed by atoms with Gasteiger partial charge in [-0.25, -0.2) is 0 Å². The van der Waals surface area contributed by atoms with E-state index in [-0.39, 0.29) is 17.7 Å². The SMILES string of the molecule is O=C(NCc1cccnc1)[C@H]1CCCN(C(=O)c2cc3ccccc3[nH]2)C1.